The largest absolute Gasteiger partial charge is 0.347 e. The lowest BCUT2D eigenvalue weighted by Crippen LogP contribution is -2.19. The van der Waals surface area contributed by atoms with Crippen LogP contribution < -0.4 is 0 Å². The van der Waals surface area contributed by atoms with E-state index in [1.165, 1.54) is 0 Å². The Morgan fingerprint density at radius 3 is 2.12 bits per heavy atom. The summed E-state index contributed by atoms with van der Waals surface area (Å²) in [5, 5.41) is 0.807. The Kier molecular flexibility index (Phi) is 2.81. The van der Waals surface area contributed by atoms with Crippen LogP contribution in [0.4, 0.5) is 0 Å². The van der Waals surface area contributed by atoms with Crippen molar-refractivity contribution in [1.29, 1.82) is 0 Å². The van der Waals surface area contributed by atoms with E-state index in [4.69, 9.17) is 11.6 Å². The van der Waals surface area contributed by atoms with Crippen LogP contribution in [0.5, 0.6) is 0 Å². The van der Waals surface area contributed by atoms with Crippen molar-refractivity contribution in [3.63, 3.8) is 0 Å². The van der Waals surface area contributed by atoms with Gasteiger partial charge in [0, 0.05) is 23.5 Å². The van der Waals surface area contributed by atoms with Crippen LogP contribution in [0.25, 0.3) is 11.1 Å². The number of hydrogen-bond donors (Lipinski definition) is 0. The summed E-state index contributed by atoms with van der Waals surface area (Å²) in [6.07, 6.45) is 4.10. The molecule has 0 aliphatic rings. The smallest absolute Gasteiger partial charge is 0.0661 e. The molecule has 1 aromatic heterocycles. The maximum atomic E-state index is 6.26. The van der Waals surface area contributed by atoms with Crippen molar-refractivity contribution in [2.75, 3.05) is 0 Å². The molecule has 0 amide bonds. The zero-order valence-electron chi connectivity index (χ0n) is 9.87. The fourth-order valence-electron chi connectivity index (χ4n) is 1.65. The number of rotatable bonds is 1. The van der Waals surface area contributed by atoms with Gasteiger partial charge in [-0.2, -0.15) is 0 Å². The van der Waals surface area contributed by atoms with Gasteiger partial charge >= 0.3 is 0 Å². The molecule has 16 heavy (non-hydrogen) atoms. The number of benzene rings is 1. The van der Waals surface area contributed by atoms with Gasteiger partial charge in [0.1, 0.15) is 0 Å². The first-order valence-electron chi connectivity index (χ1n) is 5.42. The van der Waals surface area contributed by atoms with Crippen molar-refractivity contribution >= 4 is 11.6 Å². The van der Waals surface area contributed by atoms with Gasteiger partial charge in [-0.25, -0.2) is 0 Å². The third-order valence-corrected chi connectivity index (χ3v) is 2.94. The summed E-state index contributed by atoms with van der Waals surface area (Å²) in [5.74, 6) is 0. The van der Waals surface area contributed by atoms with Crippen LogP contribution in [0.15, 0.2) is 42.7 Å². The summed E-state index contributed by atoms with van der Waals surface area (Å²) < 4.78 is 2.15. The van der Waals surface area contributed by atoms with Gasteiger partial charge in [0.25, 0.3) is 0 Å². The maximum Gasteiger partial charge on any atom is 0.0661 e. The van der Waals surface area contributed by atoms with E-state index in [-0.39, 0.29) is 5.54 Å². The van der Waals surface area contributed by atoms with Gasteiger partial charge in [0.05, 0.1) is 5.02 Å². The van der Waals surface area contributed by atoms with E-state index in [1.54, 1.807) is 0 Å². The molecule has 1 nitrogen and oxygen atoms in total. The predicted molar refractivity (Wildman–Crippen MR) is 69.9 cm³/mol. The molecule has 1 heterocycles. The average Bonchev–Trinajstić information content (AvgIpc) is 2.61. The molecule has 1 aromatic carbocycles. The second-order valence-electron chi connectivity index (χ2n) is 4.96. The highest BCUT2D eigenvalue weighted by atomic mass is 35.5. The third-order valence-electron chi connectivity index (χ3n) is 2.64. The van der Waals surface area contributed by atoms with Gasteiger partial charge in [-0.3, -0.25) is 0 Å². The highest BCUT2D eigenvalue weighted by Gasteiger charge is 2.15. The second-order valence-corrected chi connectivity index (χ2v) is 5.37. The monoisotopic (exact) mass is 233 g/mol. The lowest BCUT2D eigenvalue weighted by molar-refractivity contribution is 0.399. The van der Waals surface area contributed by atoms with Gasteiger partial charge in [-0.15, -0.1) is 0 Å². The molecule has 0 saturated heterocycles. The van der Waals surface area contributed by atoms with Crippen LogP contribution in [0.2, 0.25) is 5.02 Å². The van der Waals surface area contributed by atoms with Crippen molar-refractivity contribution in [3.05, 3.63) is 47.7 Å². The van der Waals surface area contributed by atoms with Crippen molar-refractivity contribution in [2.24, 2.45) is 0 Å². The molecule has 2 aromatic rings. The summed E-state index contributed by atoms with van der Waals surface area (Å²) in [6, 6.07) is 10.2. The Balaban J connectivity index is 2.48. The van der Waals surface area contributed by atoms with Gasteiger partial charge in [0.2, 0.25) is 0 Å². The summed E-state index contributed by atoms with van der Waals surface area (Å²) in [5.41, 5.74) is 2.32. The molecule has 0 atom stereocenters. The van der Waals surface area contributed by atoms with E-state index in [9.17, 15) is 0 Å². The molecule has 0 radical (unpaired) electrons. The Hall–Kier alpha value is -1.21. The van der Waals surface area contributed by atoms with E-state index in [1.807, 2.05) is 24.4 Å². The van der Waals surface area contributed by atoms with E-state index in [2.05, 4.69) is 43.7 Å². The summed E-state index contributed by atoms with van der Waals surface area (Å²) in [6.45, 7) is 6.49. The van der Waals surface area contributed by atoms with Crippen LogP contribution >= 0.6 is 11.6 Å². The van der Waals surface area contributed by atoms with Crippen LogP contribution in [0, 0.1) is 0 Å². The topological polar surface area (TPSA) is 4.93 Å². The van der Waals surface area contributed by atoms with Gasteiger partial charge in [-0.1, -0.05) is 41.9 Å². The summed E-state index contributed by atoms with van der Waals surface area (Å²) in [7, 11) is 0. The van der Waals surface area contributed by atoms with E-state index in [0.717, 1.165) is 16.1 Å². The van der Waals surface area contributed by atoms with Crippen LogP contribution in [0.1, 0.15) is 20.8 Å². The Labute approximate surface area is 102 Å². The molecule has 0 aliphatic carbocycles. The van der Waals surface area contributed by atoms with Crippen LogP contribution in [-0.4, -0.2) is 4.57 Å². The fraction of sp³-hybridized carbons (Fsp3) is 0.286. The predicted octanol–water partition coefficient (Wildman–Crippen LogP) is 4.56. The van der Waals surface area contributed by atoms with Crippen molar-refractivity contribution in [2.45, 2.75) is 26.3 Å². The molecule has 0 aliphatic heterocycles. The third kappa shape index (κ3) is 2.14. The SMILES string of the molecule is CC(C)(C)n1cc(Cl)c(-c2ccccc2)c1. The normalized spacial score (nSPS) is 11.8. The van der Waals surface area contributed by atoms with Crippen molar-refractivity contribution in [1.82, 2.24) is 4.57 Å². The highest BCUT2D eigenvalue weighted by Crippen LogP contribution is 2.31. The van der Waals surface area contributed by atoms with Crippen LogP contribution in [-0.2, 0) is 5.54 Å². The standard InChI is InChI=1S/C14H16ClN/c1-14(2,3)16-9-12(13(15)10-16)11-7-5-4-6-8-11/h4-10H,1-3H3. The lowest BCUT2D eigenvalue weighted by atomic mass is 10.1. The van der Waals surface area contributed by atoms with Crippen molar-refractivity contribution in [3.8, 4) is 11.1 Å². The summed E-state index contributed by atoms with van der Waals surface area (Å²) >= 11 is 6.26. The Morgan fingerprint density at radius 2 is 1.62 bits per heavy atom. The first-order chi connectivity index (χ1) is 7.48. The van der Waals surface area contributed by atoms with Gasteiger partial charge in [0.15, 0.2) is 0 Å². The highest BCUT2D eigenvalue weighted by molar-refractivity contribution is 6.33. The molecule has 84 valence electrons. The van der Waals surface area contributed by atoms with Gasteiger partial charge in [-0.05, 0) is 26.3 Å². The minimum atomic E-state index is 0.0661. The minimum absolute atomic E-state index is 0.0661. The molecule has 0 bridgehead atoms. The molecular formula is C14H16ClN. The minimum Gasteiger partial charge on any atom is -0.347 e. The number of hydrogen-bond acceptors (Lipinski definition) is 0. The Bertz CT molecular complexity index is 477. The first kappa shape index (κ1) is 11.3. The Morgan fingerprint density at radius 1 is 1.00 bits per heavy atom. The quantitative estimate of drug-likeness (QED) is 0.680. The van der Waals surface area contributed by atoms with E-state index >= 15 is 0 Å². The first-order valence-corrected chi connectivity index (χ1v) is 5.79. The molecule has 0 unspecified atom stereocenters. The maximum absolute atomic E-state index is 6.26. The fourth-order valence-corrected chi connectivity index (χ4v) is 1.91. The molecule has 0 fully saturated rings. The number of nitrogens with zero attached hydrogens (tertiary/aromatic N) is 1. The molecule has 0 N–H and O–H groups in total. The molecule has 2 rings (SSSR count). The van der Waals surface area contributed by atoms with E-state index in [0.29, 0.717) is 0 Å². The second kappa shape index (κ2) is 3.99. The van der Waals surface area contributed by atoms with Gasteiger partial charge < -0.3 is 4.57 Å². The lowest BCUT2D eigenvalue weighted by Gasteiger charge is -2.20. The summed E-state index contributed by atoms with van der Waals surface area (Å²) in [4.78, 5) is 0. The average molecular weight is 234 g/mol. The number of aromatic nitrogens is 1. The van der Waals surface area contributed by atoms with E-state index < -0.39 is 0 Å². The molecular weight excluding hydrogens is 218 g/mol. The molecule has 2 heteroatoms. The zero-order chi connectivity index (χ0) is 11.8. The molecule has 0 saturated carbocycles. The van der Waals surface area contributed by atoms with Crippen LogP contribution in [0.3, 0.4) is 0 Å². The van der Waals surface area contributed by atoms with Crippen molar-refractivity contribution < 1.29 is 0 Å². The zero-order valence-corrected chi connectivity index (χ0v) is 10.6. The molecule has 0 spiro atoms. The number of halogens is 1.